The number of nitrogens with zero attached hydrogens (tertiary/aromatic N) is 3. The van der Waals surface area contributed by atoms with Crippen LogP contribution in [-0.4, -0.2) is 28.2 Å². The Bertz CT molecular complexity index is 814. The topological polar surface area (TPSA) is 77.0 Å². The molecule has 0 saturated carbocycles. The highest BCUT2D eigenvalue weighted by Crippen LogP contribution is 2.30. The molecule has 0 bridgehead atoms. The molecule has 0 radical (unpaired) electrons. The lowest BCUT2D eigenvalue weighted by Crippen LogP contribution is -2.13. The maximum Gasteiger partial charge on any atom is 0.277 e. The van der Waals surface area contributed by atoms with Crippen LogP contribution in [0.4, 0.5) is 5.13 Å². The number of benzene rings is 1. The predicted molar refractivity (Wildman–Crippen MR) is 90.9 cm³/mol. The normalized spacial score (nSPS) is 10.7. The van der Waals surface area contributed by atoms with E-state index in [1.54, 1.807) is 7.11 Å². The molecule has 118 valence electrons. The Morgan fingerprint density at radius 1 is 1.22 bits per heavy atom. The molecule has 0 unspecified atom stereocenters. The number of anilines is 1. The Morgan fingerprint density at radius 2 is 2.00 bits per heavy atom. The number of hydrogen-bond acceptors (Lipinski definition) is 7. The van der Waals surface area contributed by atoms with E-state index in [2.05, 4.69) is 20.5 Å². The van der Waals surface area contributed by atoms with E-state index in [1.165, 1.54) is 22.7 Å². The van der Waals surface area contributed by atoms with Crippen molar-refractivity contribution in [1.82, 2.24) is 15.2 Å². The van der Waals surface area contributed by atoms with Crippen LogP contribution in [0.25, 0.3) is 10.4 Å². The van der Waals surface area contributed by atoms with E-state index in [4.69, 9.17) is 4.74 Å². The first-order chi connectivity index (χ1) is 11.2. The van der Waals surface area contributed by atoms with Gasteiger partial charge in [0.2, 0.25) is 5.13 Å². The van der Waals surface area contributed by atoms with E-state index in [0.29, 0.717) is 22.4 Å². The lowest BCUT2D eigenvalue weighted by Gasteiger charge is -2.02. The molecular formula is C15H14N4O2S2. The van der Waals surface area contributed by atoms with Gasteiger partial charge in [-0.25, -0.2) is 4.98 Å². The summed E-state index contributed by atoms with van der Waals surface area (Å²) in [5, 5.41) is 12.6. The third-order valence-corrected chi connectivity index (χ3v) is 4.77. The van der Waals surface area contributed by atoms with Gasteiger partial charge in [-0.1, -0.05) is 41.7 Å². The molecule has 8 heteroatoms. The van der Waals surface area contributed by atoms with Crippen LogP contribution in [0.2, 0.25) is 0 Å². The van der Waals surface area contributed by atoms with E-state index in [9.17, 15) is 4.79 Å². The highest BCUT2D eigenvalue weighted by atomic mass is 32.1. The summed E-state index contributed by atoms with van der Waals surface area (Å²) in [6, 6.07) is 9.74. The summed E-state index contributed by atoms with van der Waals surface area (Å²) >= 11 is 2.78. The first kappa shape index (κ1) is 15.7. The molecule has 0 aliphatic carbocycles. The molecule has 0 spiro atoms. The van der Waals surface area contributed by atoms with Crippen LogP contribution < -0.4 is 5.32 Å². The number of aryl methyl sites for hydroxylation is 1. The molecule has 0 aliphatic rings. The minimum atomic E-state index is -0.284. The summed E-state index contributed by atoms with van der Waals surface area (Å²) in [6.07, 6.45) is 0. The molecule has 6 nitrogen and oxygen atoms in total. The number of thiazole rings is 1. The second-order valence-electron chi connectivity index (χ2n) is 4.66. The number of hydrogen-bond donors (Lipinski definition) is 1. The quantitative estimate of drug-likeness (QED) is 0.766. The van der Waals surface area contributed by atoms with Crippen molar-refractivity contribution in [2.45, 2.75) is 13.5 Å². The van der Waals surface area contributed by atoms with Gasteiger partial charge in [0.1, 0.15) is 17.3 Å². The van der Waals surface area contributed by atoms with E-state index in [0.717, 1.165) is 15.4 Å². The second-order valence-corrected chi connectivity index (χ2v) is 6.93. The second kappa shape index (κ2) is 6.95. The van der Waals surface area contributed by atoms with Crippen LogP contribution in [0, 0.1) is 6.92 Å². The zero-order valence-corrected chi connectivity index (χ0v) is 14.2. The third-order valence-electron chi connectivity index (χ3n) is 2.94. The number of nitrogens with one attached hydrogen (secondary N) is 1. The largest absolute Gasteiger partial charge is 0.377 e. The van der Waals surface area contributed by atoms with Gasteiger partial charge in [-0.05, 0) is 12.5 Å². The first-order valence-corrected chi connectivity index (χ1v) is 8.46. The highest BCUT2D eigenvalue weighted by molar-refractivity contribution is 7.16. The van der Waals surface area contributed by atoms with Crippen molar-refractivity contribution < 1.29 is 9.53 Å². The molecule has 0 aliphatic heterocycles. The maximum absolute atomic E-state index is 12.5. The number of ether oxygens (including phenoxy) is 1. The van der Waals surface area contributed by atoms with Gasteiger partial charge >= 0.3 is 0 Å². The number of carbonyl (C=O) groups excluding carboxylic acids is 1. The van der Waals surface area contributed by atoms with Crippen molar-refractivity contribution in [3.05, 3.63) is 46.0 Å². The first-order valence-electron chi connectivity index (χ1n) is 6.83. The van der Waals surface area contributed by atoms with Crippen LogP contribution in [0.15, 0.2) is 30.3 Å². The van der Waals surface area contributed by atoms with Crippen molar-refractivity contribution in [3.63, 3.8) is 0 Å². The van der Waals surface area contributed by atoms with Crippen molar-refractivity contribution in [2.24, 2.45) is 0 Å². The minimum Gasteiger partial charge on any atom is -0.377 e. The van der Waals surface area contributed by atoms with Gasteiger partial charge in [0, 0.05) is 7.11 Å². The fraction of sp³-hybridized carbons (Fsp3) is 0.200. The van der Waals surface area contributed by atoms with Gasteiger partial charge in [0.15, 0.2) is 0 Å². The standard InChI is InChI=1S/C15H14N4O2S2/c1-9-16-12(13(22-9)10-6-4-3-5-7-10)14(20)17-15-19-18-11(23-15)8-21-2/h3-7H,8H2,1-2H3,(H,17,19,20). The van der Waals surface area contributed by atoms with Crippen LogP contribution in [-0.2, 0) is 11.3 Å². The third kappa shape index (κ3) is 3.61. The summed E-state index contributed by atoms with van der Waals surface area (Å²) in [7, 11) is 1.59. The fourth-order valence-corrected chi connectivity index (χ4v) is 3.64. The van der Waals surface area contributed by atoms with Gasteiger partial charge in [0.05, 0.1) is 9.88 Å². The van der Waals surface area contributed by atoms with Gasteiger partial charge < -0.3 is 4.74 Å². The van der Waals surface area contributed by atoms with E-state index in [-0.39, 0.29) is 5.91 Å². The molecule has 2 aromatic heterocycles. The summed E-state index contributed by atoms with van der Waals surface area (Å²) in [5.74, 6) is -0.284. The Labute approximate surface area is 141 Å². The Kier molecular flexibility index (Phi) is 4.75. The van der Waals surface area contributed by atoms with Crippen LogP contribution >= 0.6 is 22.7 Å². The van der Waals surface area contributed by atoms with Gasteiger partial charge in [-0.2, -0.15) is 0 Å². The van der Waals surface area contributed by atoms with Crippen LogP contribution in [0.1, 0.15) is 20.5 Å². The van der Waals surface area contributed by atoms with Crippen molar-refractivity contribution in [2.75, 3.05) is 12.4 Å². The summed E-state index contributed by atoms with van der Waals surface area (Å²) in [5.41, 5.74) is 1.38. The summed E-state index contributed by atoms with van der Waals surface area (Å²) in [4.78, 5) is 17.7. The number of rotatable bonds is 5. The average molecular weight is 346 g/mol. The van der Waals surface area contributed by atoms with Crippen molar-refractivity contribution in [1.29, 1.82) is 0 Å². The Morgan fingerprint density at radius 3 is 2.74 bits per heavy atom. The molecule has 0 atom stereocenters. The molecule has 3 aromatic rings. The zero-order chi connectivity index (χ0) is 16.2. The monoisotopic (exact) mass is 346 g/mol. The minimum absolute atomic E-state index is 0.284. The maximum atomic E-state index is 12.5. The van der Waals surface area contributed by atoms with Gasteiger partial charge in [-0.3, -0.25) is 10.1 Å². The number of methoxy groups -OCH3 is 1. The Hall–Kier alpha value is -2.16. The number of carbonyl (C=O) groups is 1. The molecule has 0 fully saturated rings. The summed E-state index contributed by atoms with van der Waals surface area (Å²) in [6.45, 7) is 2.26. The molecule has 1 aromatic carbocycles. The van der Waals surface area contributed by atoms with Crippen molar-refractivity contribution >= 4 is 33.7 Å². The number of amides is 1. The Balaban J connectivity index is 1.85. The number of aromatic nitrogens is 3. The average Bonchev–Trinajstić information content (AvgIpc) is 3.15. The molecule has 1 amide bonds. The van der Waals surface area contributed by atoms with E-state index >= 15 is 0 Å². The highest BCUT2D eigenvalue weighted by Gasteiger charge is 2.19. The predicted octanol–water partition coefficient (Wildman–Crippen LogP) is 3.37. The van der Waals surface area contributed by atoms with Crippen LogP contribution in [0.5, 0.6) is 0 Å². The van der Waals surface area contributed by atoms with Gasteiger partial charge in [0.25, 0.3) is 5.91 Å². The smallest absolute Gasteiger partial charge is 0.277 e. The van der Waals surface area contributed by atoms with E-state index in [1.807, 2.05) is 37.3 Å². The van der Waals surface area contributed by atoms with Crippen LogP contribution in [0.3, 0.4) is 0 Å². The van der Waals surface area contributed by atoms with E-state index < -0.39 is 0 Å². The van der Waals surface area contributed by atoms with Crippen molar-refractivity contribution in [3.8, 4) is 10.4 Å². The molecular weight excluding hydrogens is 332 g/mol. The molecule has 23 heavy (non-hydrogen) atoms. The van der Waals surface area contributed by atoms with Gasteiger partial charge in [-0.15, -0.1) is 21.5 Å². The summed E-state index contributed by atoms with van der Waals surface area (Å²) < 4.78 is 5.00. The molecule has 1 N–H and O–H groups in total. The lowest BCUT2D eigenvalue weighted by atomic mass is 10.1. The zero-order valence-electron chi connectivity index (χ0n) is 12.6. The molecule has 3 rings (SSSR count). The molecule has 2 heterocycles. The molecule has 0 saturated heterocycles. The SMILES string of the molecule is COCc1nnc(NC(=O)c2nc(C)sc2-c2ccccc2)s1. The lowest BCUT2D eigenvalue weighted by molar-refractivity contribution is 0.102. The fourth-order valence-electron chi connectivity index (χ4n) is 2.01.